The molecule has 0 saturated heterocycles. The van der Waals surface area contributed by atoms with Crippen molar-refractivity contribution < 1.29 is 9.47 Å². The molecule has 254 valence electrons. The molecule has 0 N–H and O–H groups in total. The number of ether oxygens (including phenoxy) is 2. The Morgan fingerprint density at radius 1 is 0.405 bits per heavy atom. The van der Waals surface area contributed by atoms with E-state index in [2.05, 4.69) is 25.7 Å². The molecule has 0 spiro atoms. The van der Waals surface area contributed by atoms with Crippen molar-refractivity contribution >= 4 is 0 Å². The zero-order valence-electron chi connectivity index (χ0n) is 29.9. The van der Waals surface area contributed by atoms with Gasteiger partial charge in [-0.1, -0.05) is 188 Å². The van der Waals surface area contributed by atoms with Gasteiger partial charge in [-0.2, -0.15) is 0 Å². The zero-order chi connectivity index (χ0) is 30.6. The number of rotatable bonds is 37. The molecule has 3 nitrogen and oxygen atoms in total. The summed E-state index contributed by atoms with van der Waals surface area (Å²) in [7, 11) is 1.78. The van der Waals surface area contributed by atoms with E-state index in [0.717, 1.165) is 13.2 Å². The molecule has 1 unspecified atom stereocenters. The fourth-order valence-electron chi connectivity index (χ4n) is 6.26. The van der Waals surface area contributed by atoms with Crippen molar-refractivity contribution in [1.29, 1.82) is 0 Å². The lowest BCUT2D eigenvalue weighted by Crippen LogP contribution is -2.36. The first kappa shape index (κ1) is 41.9. The second-order valence-electron chi connectivity index (χ2n) is 13.4. The average Bonchev–Trinajstić information content (AvgIpc) is 3.00. The third-order valence-electron chi connectivity index (χ3n) is 9.14. The molecule has 0 aromatic carbocycles. The van der Waals surface area contributed by atoms with Crippen LogP contribution in [0.5, 0.6) is 0 Å². The molecule has 0 aliphatic carbocycles. The fourth-order valence-corrected chi connectivity index (χ4v) is 6.26. The van der Waals surface area contributed by atoms with Gasteiger partial charge in [-0.05, 0) is 32.4 Å². The van der Waals surface area contributed by atoms with E-state index in [-0.39, 0.29) is 0 Å². The van der Waals surface area contributed by atoms with Crippen molar-refractivity contribution in [2.45, 2.75) is 213 Å². The smallest absolute Gasteiger partial charge is 0.0704 e. The van der Waals surface area contributed by atoms with Gasteiger partial charge in [0, 0.05) is 13.7 Å². The van der Waals surface area contributed by atoms with Crippen molar-refractivity contribution in [1.82, 2.24) is 4.90 Å². The standard InChI is InChI=1S/C39H81NO2/c1-5-8-11-14-16-18-20-22-24-26-28-31-34-40(38-39(42-37-36-41-4)33-30-13-10-7-3)35-32-29-27-25-23-21-19-17-15-12-9-6-2/h39H,5-38H2,1-4H3. The number of hydrogen-bond acceptors (Lipinski definition) is 3. The van der Waals surface area contributed by atoms with Crippen LogP contribution in [0, 0.1) is 0 Å². The maximum absolute atomic E-state index is 6.35. The van der Waals surface area contributed by atoms with E-state index >= 15 is 0 Å². The third-order valence-corrected chi connectivity index (χ3v) is 9.14. The second kappa shape index (κ2) is 37.1. The van der Waals surface area contributed by atoms with Gasteiger partial charge in [0.05, 0.1) is 19.3 Å². The molecule has 0 saturated carbocycles. The molecule has 0 aliphatic heterocycles. The van der Waals surface area contributed by atoms with E-state index in [1.807, 2.05) is 0 Å². The molecular formula is C39H81NO2. The summed E-state index contributed by atoms with van der Waals surface area (Å²) < 4.78 is 11.7. The van der Waals surface area contributed by atoms with Gasteiger partial charge in [-0.25, -0.2) is 0 Å². The number of unbranched alkanes of at least 4 members (excludes halogenated alkanes) is 25. The Morgan fingerprint density at radius 3 is 1.10 bits per heavy atom. The number of nitrogens with zero attached hydrogens (tertiary/aromatic N) is 1. The van der Waals surface area contributed by atoms with Crippen molar-refractivity contribution in [3.8, 4) is 0 Å². The van der Waals surface area contributed by atoms with Crippen molar-refractivity contribution in [2.75, 3.05) is 40.0 Å². The van der Waals surface area contributed by atoms with E-state index in [9.17, 15) is 0 Å². The maximum atomic E-state index is 6.35. The lowest BCUT2D eigenvalue weighted by atomic mass is 10.0. The number of methoxy groups -OCH3 is 1. The molecule has 0 fully saturated rings. The Labute approximate surface area is 267 Å². The summed E-state index contributed by atoms with van der Waals surface area (Å²) in [6, 6.07) is 0. The highest BCUT2D eigenvalue weighted by Gasteiger charge is 2.15. The minimum atomic E-state index is 0.367. The van der Waals surface area contributed by atoms with E-state index in [1.54, 1.807) is 7.11 Å². The summed E-state index contributed by atoms with van der Waals surface area (Å²) in [6.45, 7) is 12.0. The quantitative estimate of drug-likeness (QED) is 0.0667. The summed E-state index contributed by atoms with van der Waals surface area (Å²) in [5.74, 6) is 0. The van der Waals surface area contributed by atoms with Crippen LogP contribution in [0.2, 0.25) is 0 Å². The van der Waals surface area contributed by atoms with Crippen LogP contribution in [0.4, 0.5) is 0 Å². The monoisotopic (exact) mass is 596 g/mol. The van der Waals surface area contributed by atoms with Crippen molar-refractivity contribution in [3.05, 3.63) is 0 Å². The van der Waals surface area contributed by atoms with Gasteiger partial charge in [0.1, 0.15) is 0 Å². The molecule has 3 heteroatoms. The lowest BCUT2D eigenvalue weighted by molar-refractivity contribution is -0.00628. The number of hydrogen-bond donors (Lipinski definition) is 0. The van der Waals surface area contributed by atoms with Gasteiger partial charge in [0.15, 0.2) is 0 Å². The van der Waals surface area contributed by atoms with Crippen LogP contribution in [0.1, 0.15) is 207 Å². The molecule has 1 atom stereocenters. The third kappa shape index (κ3) is 32.8. The Balaban J connectivity index is 4.31. The SMILES string of the molecule is CCCCCCCCCCCCCCN(CCCCCCCCCCCCCC)CC(CCCCCC)OCCOC. The normalized spacial score (nSPS) is 12.5. The first-order valence-electron chi connectivity index (χ1n) is 19.6. The molecule has 0 bridgehead atoms. The molecule has 0 amide bonds. The van der Waals surface area contributed by atoms with Crippen LogP contribution in [0.3, 0.4) is 0 Å². The fraction of sp³-hybridized carbons (Fsp3) is 1.00. The summed E-state index contributed by atoms with van der Waals surface area (Å²) in [6.07, 6.45) is 41.1. The lowest BCUT2D eigenvalue weighted by Gasteiger charge is -2.28. The molecular weight excluding hydrogens is 514 g/mol. The van der Waals surface area contributed by atoms with Crippen molar-refractivity contribution in [3.63, 3.8) is 0 Å². The largest absolute Gasteiger partial charge is 0.382 e. The predicted molar refractivity (Wildman–Crippen MR) is 189 cm³/mol. The van der Waals surface area contributed by atoms with E-state index < -0.39 is 0 Å². The summed E-state index contributed by atoms with van der Waals surface area (Å²) >= 11 is 0. The Hall–Kier alpha value is -0.120. The van der Waals surface area contributed by atoms with Gasteiger partial charge >= 0.3 is 0 Å². The molecule has 0 radical (unpaired) electrons. The van der Waals surface area contributed by atoms with Crippen LogP contribution in [0.25, 0.3) is 0 Å². The van der Waals surface area contributed by atoms with Gasteiger partial charge in [-0.15, -0.1) is 0 Å². The molecule has 0 aromatic rings. The molecule has 42 heavy (non-hydrogen) atoms. The summed E-state index contributed by atoms with van der Waals surface area (Å²) in [5, 5.41) is 0. The van der Waals surface area contributed by atoms with Crippen LogP contribution < -0.4 is 0 Å². The Morgan fingerprint density at radius 2 is 0.738 bits per heavy atom. The van der Waals surface area contributed by atoms with Gasteiger partial charge in [-0.3, -0.25) is 0 Å². The van der Waals surface area contributed by atoms with E-state index in [1.165, 1.54) is 199 Å². The first-order valence-corrected chi connectivity index (χ1v) is 19.6. The van der Waals surface area contributed by atoms with Crippen LogP contribution in [-0.4, -0.2) is 51.0 Å². The van der Waals surface area contributed by atoms with Crippen LogP contribution >= 0.6 is 0 Å². The highest BCUT2D eigenvalue weighted by Crippen LogP contribution is 2.16. The minimum absolute atomic E-state index is 0.367. The topological polar surface area (TPSA) is 21.7 Å². The summed E-state index contributed by atoms with van der Waals surface area (Å²) in [4.78, 5) is 2.77. The Bertz CT molecular complexity index is 443. The second-order valence-corrected chi connectivity index (χ2v) is 13.4. The van der Waals surface area contributed by atoms with Crippen LogP contribution in [-0.2, 0) is 9.47 Å². The molecule has 0 aromatic heterocycles. The van der Waals surface area contributed by atoms with E-state index in [4.69, 9.17) is 9.47 Å². The first-order chi connectivity index (χ1) is 20.8. The van der Waals surface area contributed by atoms with E-state index in [0.29, 0.717) is 12.7 Å². The minimum Gasteiger partial charge on any atom is -0.382 e. The predicted octanol–water partition coefficient (Wildman–Crippen LogP) is 12.7. The highest BCUT2D eigenvalue weighted by molar-refractivity contribution is 4.68. The highest BCUT2D eigenvalue weighted by atomic mass is 16.5. The molecule has 0 rings (SSSR count). The van der Waals surface area contributed by atoms with Gasteiger partial charge in [0.25, 0.3) is 0 Å². The zero-order valence-corrected chi connectivity index (χ0v) is 29.9. The molecule has 0 aliphatic rings. The maximum Gasteiger partial charge on any atom is 0.0704 e. The van der Waals surface area contributed by atoms with Gasteiger partial charge in [0.2, 0.25) is 0 Å². The van der Waals surface area contributed by atoms with Crippen LogP contribution in [0.15, 0.2) is 0 Å². The Kier molecular flexibility index (Phi) is 37.0. The van der Waals surface area contributed by atoms with Crippen molar-refractivity contribution in [2.24, 2.45) is 0 Å². The average molecular weight is 596 g/mol. The van der Waals surface area contributed by atoms with Gasteiger partial charge < -0.3 is 14.4 Å². The molecule has 0 heterocycles. The summed E-state index contributed by atoms with van der Waals surface area (Å²) in [5.41, 5.74) is 0.